The van der Waals surface area contributed by atoms with Gasteiger partial charge in [-0.15, -0.1) is 0 Å². The highest BCUT2D eigenvalue weighted by atomic mass is 19.1. The minimum absolute atomic E-state index is 0.211. The minimum atomic E-state index is -0.698. The van der Waals surface area contributed by atoms with Crippen LogP contribution in [0.3, 0.4) is 0 Å². The van der Waals surface area contributed by atoms with Crippen LogP contribution in [0.2, 0.25) is 0 Å². The van der Waals surface area contributed by atoms with Gasteiger partial charge in [0.2, 0.25) is 0 Å². The average molecular weight is 241 g/mol. The molecule has 4 heteroatoms. The van der Waals surface area contributed by atoms with Crippen LogP contribution >= 0.6 is 0 Å². The normalized spacial score (nSPS) is 14.6. The van der Waals surface area contributed by atoms with Gasteiger partial charge in [-0.2, -0.15) is 0 Å². The Labute approximate surface area is 102 Å². The number of ether oxygens (including phenoxy) is 1. The number of rotatable bonds is 7. The maximum absolute atomic E-state index is 13.0. The van der Waals surface area contributed by atoms with Crippen LogP contribution in [0.1, 0.15) is 25.0 Å². The van der Waals surface area contributed by atoms with E-state index in [9.17, 15) is 9.50 Å². The number of hydrogen-bond donors (Lipinski definition) is 2. The molecule has 0 aliphatic carbocycles. The predicted octanol–water partition coefficient (Wildman–Crippen LogP) is 1.87. The molecule has 0 bridgehead atoms. The molecule has 96 valence electrons. The van der Waals surface area contributed by atoms with E-state index < -0.39 is 6.10 Å². The first-order valence-electron chi connectivity index (χ1n) is 5.83. The lowest BCUT2D eigenvalue weighted by Gasteiger charge is -2.19. The molecule has 2 atom stereocenters. The molecule has 0 radical (unpaired) electrons. The zero-order valence-corrected chi connectivity index (χ0v) is 10.3. The molecule has 0 aliphatic heterocycles. The van der Waals surface area contributed by atoms with Crippen LogP contribution in [0.5, 0.6) is 0 Å². The summed E-state index contributed by atoms with van der Waals surface area (Å²) in [5, 5.41) is 13.1. The largest absolute Gasteiger partial charge is 0.387 e. The van der Waals surface area contributed by atoms with E-state index in [1.807, 2.05) is 6.92 Å². The van der Waals surface area contributed by atoms with Crippen LogP contribution in [-0.2, 0) is 4.74 Å². The van der Waals surface area contributed by atoms with E-state index in [0.29, 0.717) is 18.7 Å². The molecular formula is C13H20FNO2. The number of aliphatic hydroxyl groups is 1. The van der Waals surface area contributed by atoms with Gasteiger partial charge in [0, 0.05) is 19.7 Å². The molecule has 2 unspecified atom stereocenters. The molecule has 0 aromatic heterocycles. The van der Waals surface area contributed by atoms with Gasteiger partial charge in [0.05, 0.1) is 12.7 Å². The minimum Gasteiger partial charge on any atom is -0.387 e. The monoisotopic (exact) mass is 241 g/mol. The maximum atomic E-state index is 13.0. The van der Waals surface area contributed by atoms with Crippen molar-refractivity contribution in [1.82, 2.24) is 5.32 Å². The maximum Gasteiger partial charge on any atom is 0.123 e. The second kappa shape index (κ2) is 7.37. The molecule has 1 rings (SSSR count). The molecule has 3 nitrogen and oxygen atoms in total. The molecule has 1 aromatic carbocycles. The number of halogens is 1. The van der Waals surface area contributed by atoms with Crippen molar-refractivity contribution < 1.29 is 14.2 Å². The van der Waals surface area contributed by atoms with Crippen molar-refractivity contribution in [2.75, 3.05) is 20.3 Å². The molecule has 0 fully saturated rings. The molecule has 0 aliphatic rings. The fraction of sp³-hybridized carbons (Fsp3) is 0.538. The summed E-state index contributed by atoms with van der Waals surface area (Å²) in [5.41, 5.74) is 0.588. The fourth-order valence-electron chi connectivity index (χ4n) is 1.63. The smallest absolute Gasteiger partial charge is 0.123 e. The van der Waals surface area contributed by atoms with Gasteiger partial charge in [0.25, 0.3) is 0 Å². The Kier molecular flexibility index (Phi) is 6.11. The van der Waals surface area contributed by atoms with Gasteiger partial charge >= 0.3 is 0 Å². The topological polar surface area (TPSA) is 41.5 Å². The Hall–Kier alpha value is -0.970. The van der Waals surface area contributed by atoms with Crippen molar-refractivity contribution in [1.29, 1.82) is 0 Å². The van der Waals surface area contributed by atoms with E-state index >= 15 is 0 Å². The lowest BCUT2D eigenvalue weighted by molar-refractivity contribution is 0.137. The third-order valence-corrected chi connectivity index (χ3v) is 2.69. The number of nitrogens with one attached hydrogen (secondary N) is 1. The lowest BCUT2D eigenvalue weighted by Crippen LogP contribution is -2.35. The Morgan fingerprint density at radius 1 is 1.47 bits per heavy atom. The van der Waals surface area contributed by atoms with Gasteiger partial charge in [0.1, 0.15) is 5.82 Å². The second-order valence-electron chi connectivity index (χ2n) is 4.04. The Balaban J connectivity index is 2.46. The van der Waals surface area contributed by atoms with Crippen molar-refractivity contribution in [3.8, 4) is 0 Å². The highest BCUT2D eigenvalue weighted by Gasteiger charge is 2.11. The summed E-state index contributed by atoms with van der Waals surface area (Å²) in [6.07, 6.45) is 0.223. The number of hydrogen-bond acceptors (Lipinski definition) is 3. The van der Waals surface area contributed by atoms with Gasteiger partial charge in [-0.3, -0.25) is 0 Å². The number of methoxy groups -OCH3 is 1. The average Bonchev–Trinajstić information content (AvgIpc) is 2.34. The SMILES string of the molecule is CCC(COC)NCC(O)c1cccc(F)c1. The quantitative estimate of drug-likeness (QED) is 0.765. The highest BCUT2D eigenvalue weighted by Crippen LogP contribution is 2.13. The van der Waals surface area contributed by atoms with Gasteiger partial charge in [-0.25, -0.2) is 4.39 Å². The molecular weight excluding hydrogens is 221 g/mol. The summed E-state index contributed by atoms with van der Waals surface area (Å²) in [7, 11) is 1.65. The van der Waals surface area contributed by atoms with Crippen LogP contribution in [0, 0.1) is 5.82 Å². The Bertz CT molecular complexity index is 333. The van der Waals surface area contributed by atoms with Gasteiger partial charge in [-0.1, -0.05) is 19.1 Å². The van der Waals surface area contributed by atoms with Crippen molar-refractivity contribution >= 4 is 0 Å². The van der Waals surface area contributed by atoms with Gasteiger partial charge in [-0.05, 0) is 24.1 Å². The molecule has 2 N–H and O–H groups in total. The molecule has 0 saturated carbocycles. The number of benzene rings is 1. The Morgan fingerprint density at radius 2 is 2.24 bits per heavy atom. The number of aliphatic hydroxyl groups excluding tert-OH is 1. The molecule has 0 saturated heterocycles. The third kappa shape index (κ3) is 4.81. The molecule has 17 heavy (non-hydrogen) atoms. The first kappa shape index (κ1) is 14.1. The molecule has 0 amide bonds. The summed E-state index contributed by atoms with van der Waals surface area (Å²) in [6.45, 7) is 3.04. The summed E-state index contributed by atoms with van der Waals surface area (Å²) in [5.74, 6) is -0.328. The highest BCUT2D eigenvalue weighted by molar-refractivity contribution is 5.18. The molecule has 0 spiro atoms. The van der Waals surface area contributed by atoms with Crippen molar-refractivity contribution in [2.45, 2.75) is 25.5 Å². The van der Waals surface area contributed by atoms with Crippen molar-refractivity contribution in [2.24, 2.45) is 0 Å². The fourth-order valence-corrected chi connectivity index (χ4v) is 1.63. The third-order valence-electron chi connectivity index (χ3n) is 2.69. The van der Waals surface area contributed by atoms with Gasteiger partial charge in [0.15, 0.2) is 0 Å². The van der Waals surface area contributed by atoms with E-state index in [-0.39, 0.29) is 11.9 Å². The van der Waals surface area contributed by atoms with E-state index in [2.05, 4.69) is 5.32 Å². The van der Waals surface area contributed by atoms with Crippen LogP contribution in [0.4, 0.5) is 4.39 Å². The lowest BCUT2D eigenvalue weighted by atomic mass is 10.1. The van der Waals surface area contributed by atoms with E-state index in [1.54, 1.807) is 19.2 Å². The van der Waals surface area contributed by atoms with E-state index in [0.717, 1.165) is 6.42 Å². The predicted molar refractivity (Wildman–Crippen MR) is 65.3 cm³/mol. The molecule has 1 aromatic rings. The van der Waals surface area contributed by atoms with Crippen LogP contribution < -0.4 is 5.32 Å². The summed E-state index contributed by atoms with van der Waals surface area (Å²) in [6, 6.07) is 6.24. The molecule has 0 heterocycles. The second-order valence-corrected chi connectivity index (χ2v) is 4.04. The van der Waals surface area contributed by atoms with Crippen molar-refractivity contribution in [3.63, 3.8) is 0 Å². The summed E-state index contributed by atoms with van der Waals surface area (Å²) < 4.78 is 18.0. The summed E-state index contributed by atoms with van der Waals surface area (Å²) >= 11 is 0. The Morgan fingerprint density at radius 3 is 2.82 bits per heavy atom. The summed E-state index contributed by atoms with van der Waals surface area (Å²) in [4.78, 5) is 0. The van der Waals surface area contributed by atoms with Crippen LogP contribution in [0.15, 0.2) is 24.3 Å². The standard InChI is InChI=1S/C13H20FNO2/c1-3-12(9-17-2)15-8-13(16)10-5-4-6-11(14)7-10/h4-7,12-13,15-16H,3,8-9H2,1-2H3. The van der Waals surface area contributed by atoms with Gasteiger partial charge < -0.3 is 15.2 Å². The van der Waals surface area contributed by atoms with Crippen LogP contribution in [-0.4, -0.2) is 31.4 Å². The van der Waals surface area contributed by atoms with Crippen LogP contribution in [0.25, 0.3) is 0 Å². The van der Waals surface area contributed by atoms with Crippen molar-refractivity contribution in [3.05, 3.63) is 35.6 Å². The van der Waals surface area contributed by atoms with E-state index in [4.69, 9.17) is 4.74 Å². The van der Waals surface area contributed by atoms with E-state index in [1.165, 1.54) is 12.1 Å². The first-order valence-corrected chi connectivity index (χ1v) is 5.83. The zero-order chi connectivity index (χ0) is 12.7. The zero-order valence-electron chi connectivity index (χ0n) is 10.3. The first-order chi connectivity index (χ1) is 8.17.